The SMILES string of the molecule is CS(=O)(=O)N1CCC(CC(NC(=O)OCC2c3ccccc3-c3ccccc32)C(=O)O)CC1. The van der Waals surface area contributed by atoms with Crippen molar-refractivity contribution in [1.29, 1.82) is 0 Å². The van der Waals surface area contributed by atoms with Gasteiger partial charge in [0.15, 0.2) is 0 Å². The minimum absolute atomic E-state index is 0.0120. The Kier molecular flexibility index (Phi) is 6.71. The first-order chi connectivity index (χ1) is 15.7. The first kappa shape index (κ1) is 23.3. The lowest BCUT2D eigenvalue weighted by Gasteiger charge is -2.31. The number of carboxylic acid groups (broad SMARTS) is 1. The lowest BCUT2D eigenvalue weighted by molar-refractivity contribution is -0.139. The zero-order valence-corrected chi connectivity index (χ0v) is 19.3. The van der Waals surface area contributed by atoms with Crippen LogP contribution in [0.1, 0.15) is 36.3 Å². The number of ether oxygens (including phenoxy) is 1. The minimum Gasteiger partial charge on any atom is -0.480 e. The number of amides is 1. The maximum absolute atomic E-state index is 12.5. The van der Waals surface area contributed by atoms with Crippen molar-refractivity contribution in [2.45, 2.75) is 31.2 Å². The Labute approximate surface area is 193 Å². The largest absolute Gasteiger partial charge is 0.480 e. The number of sulfonamides is 1. The van der Waals surface area contributed by atoms with Gasteiger partial charge < -0.3 is 15.2 Å². The fourth-order valence-electron chi connectivity index (χ4n) is 4.81. The van der Waals surface area contributed by atoms with E-state index in [0.29, 0.717) is 25.9 Å². The van der Waals surface area contributed by atoms with Crippen molar-refractivity contribution in [2.75, 3.05) is 26.0 Å². The molecule has 8 nitrogen and oxygen atoms in total. The van der Waals surface area contributed by atoms with Crippen molar-refractivity contribution in [3.05, 3.63) is 59.7 Å². The molecule has 4 rings (SSSR count). The number of aliphatic carboxylic acids is 1. The predicted octanol–water partition coefficient (Wildman–Crippen LogP) is 3.04. The number of benzene rings is 2. The van der Waals surface area contributed by atoms with Crippen molar-refractivity contribution >= 4 is 22.1 Å². The van der Waals surface area contributed by atoms with Crippen LogP contribution in [0, 0.1) is 5.92 Å². The second kappa shape index (κ2) is 9.52. The maximum atomic E-state index is 12.5. The van der Waals surface area contributed by atoms with Gasteiger partial charge in [0, 0.05) is 19.0 Å². The summed E-state index contributed by atoms with van der Waals surface area (Å²) < 4.78 is 30.2. The summed E-state index contributed by atoms with van der Waals surface area (Å²) in [7, 11) is -3.24. The number of carboxylic acids is 1. The third kappa shape index (κ3) is 5.20. The van der Waals surface area contributed by atoms with E-state index in [1.165, 1.54) is 10.6 Å². The predicted molar refractivity (Wildman–Crippen MR) is 123 cm³/mol. The topological polar surface area (TPSA) is 113 Å². The Morgan fingerprint density at radius 3 is 2.12 bits per heavy atom. The molecule has 1 fully saturated rings. The third-order valence-corrected chi connectivity index (χ3v) is 7.85. The highest BCUT2D eigenvalue weighted by Crippen LogP contribution is 2.44. The van der Waals surface area contributed by atoms with E-state index in [9.17, 15) is 23.1 Å². The molecule has 9 heteroatoms. The molecule has 0 spiro atoms. The van der Waals surface area contributed by atoms with Crippen molar-refractivity contribution in [3.63, 3.8) is 0 Å². The zero-order chi connectivity index (χ0) is 23.6. The fourth-order valence-corrected chi connectivity index (χ4v) is 5.69. The summed E-state index contributed by atoms with van der Waals surface area (Å²) in [5, 5.41) is 12.1. The van der Waals surface area contributed by atoms with E-state index >= 15 is 0 Å². The van der Waals surface area contributed by atoms with Gasteiger partial charge in [0.25, 0.3) is 0 Å². The van der Waals surface area contributed by atoms with Crippen LogP contribution >= 0.6 is 0 Å². The average Bonchev–Trinajstić information content (AvgIpc) is 3.11. The van der Waals surface area contributed by atoms with Crippen LogP contribution in [-0.4, -0.2) is 61.9 Å². The molecule has 33 heavy (non-hydrogen) atoms. The van der Waals surface area contributed by atoms with E-state index in [4.69, 9.17) is 4.74 Å². The van der Waals surface area contributed by atoms with Crippen LogP contribution in [0.2, 0.25) is 0 Å². The summed E-state index contributed by atoms with van der Waals surface area (Å²) in [4.78, 5) is 24.2. The van der Waals surface area contributed by atoms with Crippen LogP contribution < -0.4 is 5.32 Å². The van der Waals surface area contributed by atoms with Gasteiger partial charge in [-0.15, -0.1) is 0 Å². The molecule has 1 saturated heterocycles. The third-order valence-electron chi connectivity index (χ3n) is 6.55. The number of alkyl carbamates (subject to hydrolysis) is 1. The first-order valence-electron chi connectivity index (χ1n) is 11.0. The number of piperidine rings is 1. The first-order valence-corrected chi connectivity index (χ1v) is 12.9. The molecule has 1 aliphatic carbocycles. The molecule has 2 N–H and O–H groups in total. The Bertz CT molecular complexity index is 1100. The van der Waals surface area contributed by atoms with Crippen LogP contribution in [0.25, 0.3) is 11.1 Å². The fraction of sp³-hybridized carbons (Fsp3) is 0.417. The molecule has 1 aliphatic heterocycles. The van der Waals surface area contributed by atoms with E-state index in [2.05, 4.69) is 5.32 Å². The van der Waals surface area contributed by atoms with Gasteiger partial charge in [-0.05, 0) is 47.4 Å². The number of nitrogens with one attached hydrogen (secondary N) is 1. The van der Waals surface area contributed by atoms with E-state index in [1.807, 2.05) is 48.5 Å². The molecule has 1 heterocycles. The van der Waals surface area contributed by atoms with E-state index in [-0.39, 0.29) is 24.9 Å². The van der Waals surface area contributed by atoms with Crippen molar-refractivity contribution < 1.29 is 27.9 Å². The van der Waals surface area contributed by atoms with Gasteiger partial charge in [-0.3, -0.25) is 0 Å². The molecule has 2 aliphatic rings. The average molecular weight is 473 g/mol. The molecule has 2 aromatic rings. The summed E-state index contributed by atoms with van der Waals surface area (Å²) in [5.74, 6) is -1.22. The van der Waals surface area contributed by atoms with Crippen LogP contribution in [0.5, 0.6) is 0 Å². The monoisotopic (exact) mass is 472 g/mol. The van der Waals surface area contributed by atoms with Crippen molar-refractivity contribution in [1.82, 2.24) is 9.62 Å². The smallest absolute Gasteiger partial charge is 0.407 e. The van der Waals surface area contributed by atoms with E-state index < -0.39 is 28.1 Å². The number of fused-ring (bicyclic) bond motifs is 3. The van der Waals surface area contributed by atoms with Gasteiger partial charge in [0.2, 0.25) is 10.0 Å². The molecule has 0 radical (unpaired) electrons. The molecular formula is C24H28N2O6S. The Morgan fingerprint density at radius 2 is 1.61 bits per heavy atom. The van der Waals surface area contributed by atoms with Gasteiger partial charge in [0.1, 0.15) is 12.6 Å². The van der Waals surface area contributed by atoms with Crippen molar-refractivity contribution in [2.24, 2.45) is 5.92 Å². The second-order valence-corrected chi connectivity index (χ2v) is 10.7. The van der Waals surface area contributed by atoms with Gasteiger partial charge in [-0.1, -0.05) is 48.5 Å². The highest BCUT2D eigenvalue weighted by Gasteiger charge is 2.32. The van der Waals surface area contributed by atoms with Gasteiger partial charge in [-0.2, -0.15) is 0 Å². The normalized spacial score (nSPS) is 17.7. The quantitative estimate of drug-likeness (QED) is 0.640. The standard InChI is InChI=1S/C24H28N2O6S/c1-33(30,31)26-12-10-16(11-13-26)14-22(23(27)28)25-24(29)32-15-21-19-8-4-2-6-17(19)18-7-3-5-9-20(18)21/h2-9,16,21-22H,10-15H2,1H3,(H,25,29)(H,27,28). The Balaban J connectivity index is 1.34. The number of nitrogens with zero attached hydrogens (tertiary/aromatic N) is 1. The Hall–Kier alpha value is -2.91. The number of hydrogen-bond acceptors (Lipinski definition) is 5. The van der Waals surface area contributed by atoms with Gasteiger partial charge >= 0.3 is 12.1 Å². The molecule has 1 amide bonds. The van der Waals surface area contributed by atoms with E-state index in [1.54, 1.807) is 0 Å². The molecule has 1 atom stereocenters. The minimum atomic E-state index is -3.24. The molecule has 2 aromatic carbocycles. The number of carbonyl (C=O) groups is 2. The van der Waals surface area contributed by atoms with Crippen LogP contribution in [0.4, 0.5) is 4.79 Å². The molecule has 0 bridgehead atoms. The molecular weight excluding hydrogens is 444 g/mol. The van der Waals surface area contributed by atoms with Crippen LogP contribution in [0.3, 0.4) is 0 Å². The number of carbonyl (C=O) groups excluding carboxylic acids is 1. The van der Waals surface area contributed by atoms with Crippen LogP contribution in [0.15, 0.2) is 48.5 Å². The molecule has 0 saturated carbocycles. The summed E-state index contributed by atoms with van der Waals surface area (Å²) in [5.41, 5.74) is 4.40. The zero-order valence-electron chi connectivity index (χ0n) is 18.4. The maximum Gasteiger partial charge on any atom is 0.407 e. The van der Waals surface area contributed by atoms with Gasteiger partial charge in [0.05, 0.1) is 6.26 Å². The molecule has 1 unspecified atom stereocenters. The number of hydrogen-bond donors (Lipinski definition) is 2. The lowest BCUT2D eigenvalue weighted by Crippen LogP contribution is -2.44. The lowest BCUT2D eigenvalue weighted by atomic mass is 9.91. The highest BCUT2D eigenvalue weighted by atomic mass is 32.2. The van der Waals surface area contributed by atoms with Crippen molar-refractivity contribution in [3.8, 4) is 11.1 Å². The molecule has 0 aromatic heterocycles. The number of rotatable bonds is 7. The summed E-state index contributed by atoms with van der Waals surface area (Å²) >= 11 is 0. The molecule has 176 valence electrons. The summed E-state index contributed by atoms with van der Waals surface area (Å²) in [6, 6.07) is 14.9. The van der Waals surface area contributed by atoms with Gasteiger partial charge in [-0.25, -0.2) is 22.3 Å². The summed E-state index contributed by atoms with van der Waals surface area (Å²) in [6.07, 6.45) is 1.76. The highest BCUT2D eigenvalue weighted by molar-refractivity contribution is 7.88. The van der Waals surface area contributed by atoms with E-state index in [0.717, 1.165) is 22.3 Å². The Morgan fingerprint density at radius 1 is 1.06 bits per heavy atom. The van der Waals surface area contributed by atoms with Crippen LogP contribution in [-0.2, 0) is 19.6 Å². The summed E-state index contributed by atoms with van der Waals surface area (Å²) in [6.45, 7) is 0.834. The second-order valence-electron chi connectivity index (χ2n) is 8.70.